The highest BCUT2D eigenvalue weighted by Crippen LogP contribution is 2.22. The van der Waals surface area contributed by atoms with Crippen molar-refractivity contribution in [2.45, 2.75) is 39.2 Å². The maximum Gasteiger partial charge on any atom is 0.225 e. The number of carbonyl (C=O) groups excluding carboxylic acids is 2. The van der Waals surface area contributed by atoms with E-state index in [0.29, 0.717) is 25.3 Å². The quantitative estimate of drug-likeness (QED) is 0.874. The molecule has 1 heterocycles. The average molecular weight is 288 g/mol. The summed E-state index contributed by atoms with van der Waals surface area (Å²) >= 11 is 0. The Labute approximate surface area is 126 Å². The molecule has 21 heavy (non-hydrogen) atoms. The summed E-state index contributed by atoms with van der Waals surface area (Å²) in [4.78, 5) is 23.6. The van der Waals surface area contributed by atoms with Crippen LogP contribution in [0.4, 0.5) is 0 Å². The first-order valence-corrected chi connectivity index (χ1v) is 7.68. The number of carbonyl (C=O) groups is 2. The minimum atomic E-state index is -0.110. The van der Waals surface area contributed by atoms with Gasteiger partial charge >= 0.3 is 0 Å². The molecule has 0 aromatic heterocycles. The van der Waals surface area contributed by atoms with Gasteiger partial charge in [0.25, 0.3) is 0 Å². The number of hydrogen-bond donors (Lipinski definition) is 2. The van der Waals surface area contributed by atoms with Crippen molar-refractivity contribution in [3.05, 3.63) is 35.9 Å². The van der Waals surface area contributed by atoms with Crippen LogP contribution in [-0.4, -0.2) is 18.4 Å². The maximum absolute atomic E-state index is 12.4. The second-order valence-electron chi connectivity index (χ2n) is 6.14. The summed E-state index contributed by atoms with van der Waals surface area (Å²) in [6, 6.07) is 10.1. The molecule has 1 aromatic carbocycles. The van der Waals surface area contributed by atoms with Crippen molar-refractivity contribution in [3.8, 4) is 0 Å². The summed E-state index contributed by atoms with van der Waals surface area (Å²) in [5, 5.41) is 5.93. The highest BCUT2D eigenvalue weighted by atomic mass is 16.2. The molecule has 0 aliphatic carbocycles. The van der Waals surface area contributed by atoms with Gasteiger partial charge in [-0.05, 0) is 24.3 Å². The number of benzene rings is 1. The van der Waals surface area contributed by atoms with Crippen molar-refractivity contribution in [1.29, 1.82) is 0 Å². The Balaban J connectivity index is 2.01. The minimum absolute atomic E-state index is 0.0383. The van der Waals surface area contributed by atoms with Gasteiger partial charge in [0.2, 0.25) is 11.8 Å². The number of piperidine rings is 1. The second kappa shape index (κ2) is 7.25. The average Bonchev–Trinajstić information content (AvgIpc) is 2.47. The van der Waals surface area contributed by atoms with Crippen LogP contribution >= 0.6 is 0 Å². The summed E-state index contributed by atoms with van der Waals surface area (Å²) in [7, 11) is 0. The van der Waals surface area contributed by atoms with Crippen molar-refractivity contribution >= 4 is 11.8 Å². The van der Waals surface area contributed by atoms with E-state index in [1.807, 2.05) is 18.2 Å². The molecule has 0 spiro atoms. The molecule has 2 amide bonds. The lowest BCUT2D eigenvalue weighted by atomic mass is 9.94. The lowest BCUT2D eigenvalue weighted by molar-refractivity contribution is -0.129. The van der Waals surface area contributed by atoms with Gasteiger partial charge in [0.1, 0.15) is 0 Å². The smallest absolute Gasteiger partial charge is 0.225 e. The van der Waals surface area contributed by atoms with E-state index in [1.54, 1.807) is 0 Å². The second-order valence-corrected chi connectivity index (χ2v) is 6.14. The highest BCUT2D eigenvalue weighted by Gasteiger charge is 2.26. The van der Waals surface area contributed by atoms with Gasteiger partial charge in [-0.3, -0.25) is 9.59 Å². The monoisotopic (exact) mass is 288 g/mol. The predicted octanol–water partition coefficient (Wildman–Crippen LogP) is 2.42. The number of nitrogens with one attached hydrogen (secondary N) is 2. The Morgan fingerprint density at radius 2 is 2.05 bits per heavy atom. The van der Waals surface area contributed by atoms with Crippen LogP contribution in [0.25, 0.3) is 0 Å². The molecule has 114 valence electrons. The molecule has 1 saturated heterocycles. The van der Waals surface area contributed by atoms with Gasteiger partial charge in [0.15, 0.2) is 0 Å². The standard InChI is InChI=1S/C17H24N2O2/c1-12(2)10-15(13-6-4-3-5-7-13)19-17(21)14-8-9-16(20)18-11-14/h3-7,12,14-15H,8-11H2,1-2H3,(H,18,20)(H,19,21). The molecule has 1 aliphatic heterocycles. The fourth-order valence-electron chi connectivity index (χ4n) is 2.68. The lowest BCUT2D eigenvalue weighted by Gasteiger charge is -2.26. The summed E-state index contributed by atoms with van der Waals surface area (Å²) in [6.45, 7) is 4.76. The molecule has 2 N–H and O–H groups in total. The molecular formula is C17H24N2O2. The van der Waals surface area contributed by atoms with Crippen molar-refractivity contribution in [2.24, 2.45) is 11.8 Å². The van der Waals surface area contributed by atoms with E-state index in [9.17, 15) is 9.59 Å². The van der Waals surface area contributed by atoms with Crippen molar-refractivity contribution in [3.63, 3.8) is 0 Å². The van der Waals surface area contributed by atoms with Crippen molar-refractivity contribution in [1.82, 2.24) is 10.6 Å². The van der Waals surface area contributed by atoms with E-state index >= 15 is 0 Å². The zero-order valence-electron chi connectivity index (χ0n) is 12.8. The number of rotatable bonds is 5. The zero-order chi connectivity index (χ0) is 15.2. The van der Waals surface area contributed by atoms with Crippen LogP contribution in [0, 0.1) is 11.8 Å². The number of amides is 2. The normalized spacial score (nSPS) is 20.0. The van der Waals surface area contributed by atoms with E-state index < -0.39 is 0 Å². The van der Waals surface area contributed by atoms with Gasteiger partial charge in [-0.15, -0.1) is 0 Å². The molecule has 1 aliphatic rings. The fraction of sp³-hybridized carbons (Fsp3) is 0.529. The Bertz CT molecular complexity index is 475. The van der Waals surface area contributed by atoms with Crippen LogP contribution in [-0.2, 0) is 9.59 Å². The molecule has 0 radical (unpaired) electrons. The zero-order valence-corrected chi connectivity index (χ0v) is 12.8. The Kier molecular flexibility index (Phi) is 5.37. The van der Waals surface area contributed by atoms with Crippen LogP contribution < -0.4 is 10.6 Å². The molecular weight excluding hydrogens is 264 g/mol. The minimum Gasteiger partial charge on any atom is -0.355 e. The Morgan fingerprint density at radius 3 is 2.62 bits per heavy atom. The number of hydrogen-bond acceptors (Lipinski definition) is 2. The first kappa shape index (κ1) is 15.5. The molecule has 2 unspecified atom stereocenters. The molecule has 4 heteroatoms. The third-order valence-electron chi connectivity index (χ3n) is 3.86. The topological polar surface area (TPSA) is 58.2 Å². The maximum atomic E-state index is 12.4. The Morgan fingerprint density at radius 1 is 1.33 bits per heavy atom. The van der Waals surface area contributed by atoms with Gasteiger partial charge in [0.05, 0.1) is 12.0 Å². The van der Waals surface area contributed by atoms with E-state index in [-0.39, 0.29) is 23.8 Å². The summed E-state index contributed by atoms with van der Waals surface area (Å²) in [6.07, 6.45) is 1.99. The van der Waals surface area contributed by atoms with Crippen molar-refractivity contribution in [2.75, 3.05) is 6.54 Å². The van der Waals surface area contributed by atoms with Crippen LogP contribution in [0.3, 0.4) is 0 Å². The summed E-state index contributed by atoms with van der Waals surface area (Å²) in [5.41, 5.74) is 1.14. The fourth-order valence-corrected chi connectivity index (χ4v) is 2.68. The molecule has 1 fully saturated rings. The molecule has 4 nitrogen and oxygen atoms in total. The van der Waals surface area contributed by atoms with E-state index in [0.717, 1.165) is 12.0 Å². The third-order valence-corrected chi connectivity index (χ3v) is 3.86. The summed E-state index contributed by atoms with van der Waals surface area (Å²) in [5.74, 6) is 0.480. The van der Waals surface area contributed by atoms with Gasteiger partial charge in [-0.2, -0.15) is 0 Å². The predicted molar refractivity (Wildman–Crippen MR) is 82.5 cm³/mol. The first-order valence-electron chi connectivity index (χ1n) is 7.68. The molecule has 1 aromatic rings. The van der Waals surface area contributed by atoms with Crippen LogP contribution in [0.2, 0.25) is 0 Å². The summed E-state index contributed by atoms with van der Waals surface area (Å²) < 4.78 is 0. The molecule has 2 atom stereocenters. The SMILES string of the molecule is CC(C)CC(NC(=O)C1CCC(=O)NC1)c1ccccc1. The van der Waals surface area contributed by atoms with Gasteiger partial charge < -0.3 is 10.6 Å². The van der Waals surface area contributed by atoms with E-state index in [2.05, 4.69) is 36.6 Å². The highest BCUT2D eigenvalue weighted by molar-refractivity contribution is 5.83. The Hall–Kier alpha value is -1.84. The molecule has 2 rings (SSSR count). The van der Waals surface area contributed by atoms with E-state index in [1.165, 1.54) is 0 Å². The van der Waals surface area contributed by atoms with Gasteiger partial charge in [-0.25, -0.2) is 0 Å². The third kappa shape index (κ3) is 4.59. The lowest BCUT2D eigenvalue weighted by Crippen LogP contribution is -2.44. The van der Waals surface area contributed by atoms with Crippen LogP contribution in [0.15, 0.2) is 30.3 Å². The largest absolute Gasteiger partial charge is 0.355 e. The van der Waals surface area contributed by atoms with Gasteiger partial charge in [-0.1, -0.05) is 44.2 Å². The molecule has 0 bridgehead atoms. The van der Waals surface area contributed by atoms with E-state index in [4.69, 9.17) is 0 Å². The van der Waals surface area contributed by atoms with Gasteiger partial charge in [0, 0.05) is 13.0 Å². The van der Waals surface area contributed by atoms with Crippen LogP contribution in [0.1, 0.15) is 44.7 Å². The van der Waals surface area contributed by atoms with Crippen LogP contribution in [0.5, 0.6) is 0 Å². The first-order chi connectivity index (χ1) is 10.1. The van der Waals surface area contributed by atoms with Crippen molar-refractivity contribution < 1.29 is 9.59 Å². The molecule has 0 saturated carbocycles.